The highest BCUT2D eigenvalue weighted by Gasteiger charge is 2.38. The van der Waals surface area contributed by atoms with E-state index in [2.05, 4.69) is 0 Å². The van der Waals surface area contributed by atoms with Crippen molar-refractivity contribution < 1.29 is 13.2 Å². The van der Waals surface area contributed by atoms with E-state index in [4.69, 9.17) is 6.42 Å². The Kier molecular flexibility index (Phi) is 1.58. The van der Waals surface area contributed by atoms with Gasteiger partial charge in [-0.3, -0.25) is 4.90 Å². The second-order valence-corrected chi connectivity index (χ2v) is 1.81. The molecule has 0 saturated carbocycles. The second-order valence-electron chi connectivity index (χ2n) is 1.81. The molecule has 1 rings (SSSR count). The molecule has 10 heavy (non-hydrogen) atoms. The van der Waals surface area contributed by atoms with E-state index in [-0.39, 0.29) is 6.54 Å². The number of rotatable bonds is 1. The first-order chi connectivity index (χ1) is 4.68. The number of halogens is 3. The minimum atomic E-state index is -1.98. The minimum absolute atomic E-state index is 0.236. The molecule has 1 heterocycles. The van der Waals surface area contributed by atoms with Crippen LogP contribution in [0.5, 0.6) is 0 Å². The summed E-state index contributed by atoms with van der Waals surface area (Å²) < 4.78 is 36.2. The minimum Gasteiger partial charge on any atom is -0.299 e. The molecule has 0 saturated heterocycles. The third-order valence-electron chi connectivity index (χ3n) is 1.19. The van der Waals surface area contributed by atoms with E-state index in [1.165, 1.54) is 0 Å². The summed E-state index contributed by atoms with van der Waals surface area (Å²) in [6.07, 6.45) is 2.76. The Morgan fingerprint density at radius 2 is 2.20 bits per heavy atom. The zero-order valence-corrected chi connectivity index (χ0v) is 4.94. The van der Waals surface area contributed by atoms with Crippen LogP contribution in [0, 0.1) is 12.3 Å². The van der Waals surface area contributed by atoms with E-state index in [1.807, 2.05) is 5.92 Å². The molecule has 0 aromatic heterocycles. The SMILES string of the molecule is C#CCN1C(F)=C(F)C1F. The van der Waals surface area contributed by atoms with Gasteiger partial charge in [-0.25, -0.2) is 8.78 Å². The largest absolute Gasteiger partial charge is 0.299 e. The quantitative estimate of drug-likeness (QED) is 0.399. The third-order valence-corrected chi connectivity index (χ3v) is 1.19. The second kappa shape index (κ2) is 2.25. The smallest absolute Gasteiger partial charge is 0.231 e. The number of terminal acetylenes is 1. The lowest BCUT2D eigenvalue weighted by molar-refractivity contribution is 0.0467. The molecule has 1 atom stereocenters. The predicted molar refractivity (Wildman–Crippen MR) is 29.7 cm³/mol. The predicted octanol–water partition coefficient (Wildman–Crippen LogP) is 1.34. The van der Waals surface area contributed by atoms with Gasteiger partial charge in [-0.05, 0) is 0 Å². The molecule has 0 radical (unpaired) electrons. The highest BCUT2D eigenvalue weighted by molar-refractivity contribution is 5.18. The van der Waals surface area contributed by atoms with E-state index in [1.54, 1.807) is 0 Å². The van der Waals surface area contributed by atoms with Crippen molar-refractivity contribution in [2.24, 2.45) is 0 Å². The molecule has 1 aliphatic heterocycles. The zero-order chi connectivity index (χ0) is 7.72. The van der Waals surface area contributed by atoms with Crippen molar-refractivity contribution in [3.05, 3.63) is 11.8 Å². The Hall–Kier alpha value is -1.11. The van der Waals surface area contributed by atoms with Crippen molar-refractivity contribution in [3.8, 4) is 12.3 Å². The Balaban J connectivity index is 2.64. The molecule has 0 aliphatic carbocycles. The van der Waals surface area contributed by atoms with Crippen LogP contribution in [0.4, 0.5) is 13.2 Å². The highest BCUT2D eigenvalue weighted by atomic mass is 19.2. The first kappa shape index (κ1) is 7.00. The van der Waals surface area contributed by atoms with Gasteiger partial charge in [-0.15, -0.1) is 6.42 Å². The number of alkyl halides is 1. The molecule has 0 spiro atoms. The highest BCUT2D eigenvalue weighted by Crippen LogP contribution is 2.32. The average Bonchev–Trinajstić information content (AvgIpc) is 1.98. The Morgan fingerprint density at radius 1 is 1.60 bits per heavy atom. The van der Waals surface area contributed by atoms with Crippen molar-refractivity contribution in [1.29, 1.82) is 0 Å². The molecule has 1 unspecified atom stereocenters. The first-order valence-electron chi connectivity index (χ1n) is 2.58. The summed E-state index contributed by atoms with van der Waals surface area (Å²) in [4.78, 5) is 0.523. The normalized spacial score (nSPS) is 24.2. The number of hydrogen-bond acceptors (Lipinski definition) is 1. The van der Waals surface area contributed by atoms with Crippen LogP contribution in [-0.2, 0) is 0 Å². The molecule has 0 aromatic rings. The van der Waals surface area contributed by atoms with Crippen molar-refractivity contribution in [1.82, 2.24) is 4.90 Å². The van der Waals surface area contributed by atoms with Gasteiger partial charge in [0.2, 0.25) is 18.1 Å². The van der Waals surface area contributed by atoms with Crippen LogP contribution >= 0.6 is 0 Å². The molecule has 0 bridgehead atoms. The fourth-order valence-electron chi connectivity index (χ4n) is 0.654. The van der Waals surface area contributed by atoms with Crippen LogP contribution in [0.2, 0.25) is 0 Å². The van der Waals surface area contributed by atoms with Gasteiger partial charge in [0, 0.05) is 0 Å². The van der Waals surface area contributed by atoms with Crippen LogP contribution in [0.25, 0.3) is 0 Å². The van der Waals surface area contributed by atoms with Crippen molar-refractivity contribution >= 4 is 0 Å². The Bertz CT molecular complexity index is 216. The molecular weight excluding hydrogens is 143 g/mol. The zero-order valence-electron chi connectivity index (χ0n) is 4.94. The molecular formula is C6H4F3N. The molecule has 1 aliphatic rings. The number of nitrogens with zero attached hydrogens (tertiary/aromatic N) is 1. The maximum absolute atomic E-state index is 12.2. The summed E-state index contributed by atoms with van der Waals surface area (Å²) in [5.74, 6) is -0.559. The molecule has 0 N–H and O–H groups in total. The van der Waals surface area contributed by atoms with Gasteiger partial charge in [0.05, 0.1) is 6.54 Å². The summed E-state index contributed by atoms with van der Waals surface area (Å²) in [5.41, 5.74) is 0. The van der Waals surface area contributed by atoms with Crippen LogP contribution in [0.15, 0.2) is 11.8 Å². The summed E-state index contributed by atoms with van der Waals surface area (Å²) in [7, 11) is 0. The van der Waals surface area contributed by atoms with Crippen molar-refractivity contribution in [2.75, 3.05) is 6.54 Å². The van der Waals surface area contributed by atoms with Gasteiger partial charge in [-0.2, -0.15) is 4.39 Å². The lowest BCUT2D eigenvalue weighted by atomic mass is 10.3. The standard InChI is InChI=1S/C6H4F3N/c1-2-3-10-5(8)4(7)6(10)9/h1,5H,3H2. The van der Waals surface area contributed by atoms with E-state index >= 15 is 0 Å². The maximum Gasteiger partial charge on any atom is 0.231 e. The molecule has 0 fully saturated rings. The first-order valence-corrected chi connectivity index (χ1v) is 2.58. The maximum atomic E-state index is 12.2. The fraction of sp³-hybridized carbons (Fsp3) is 0.333. The van der Waals surface area contributed by atoms with E-state index in [0.29, 0.717) is 4.90 Å². The summed E-state index contributed by atoms with van der Waals surface area (Å²) in [6, 6.07) is 0. The monoisotopic (exact) mass is 147 g/mol. The molecule has 1 nitrogen and oxygen atoms in total. The Labute approximate surface area is 56.1 Å². The summed E-state index contributed by atoms with van der Waals surface area (Å²) in [6.45, 7) is -0.236. The third kappa shape index (κ3) is 0.747. The van der Waals surface area contributed by atoms with Gasteiger partial charge in [0.1, 0.15) is 0 Å². The molecule has 0 aromatic carbocycles. The van der Waals surface area contributed by atoms with Crippen LogP contribution in [0.3, 0.4) is 0 Å². The lowest BCUT2D eigenvalue weighted by Gasteiger charge is -2.31. The van der Waals surface area contributed by atoms with Gasteiger partial charge in [-0.1, -0.05) is 5.92 Å². The van der Waals surface area contributed by atoms with Crippen LogP contribution < -0.4 is 0 Å². The van der Waals surface area contributed by atoms with Gasteiger partial charge in [0.25, 0.3) is 0 Å². The summed E-state index contributed by atoms with van der Waals surface area (Å²) in [5, 5.41) is 0. The van der Waals surface area contributed by atoms with E-state index < -0.39 is 18.1 Å². The van der Waals surface area contributed by atoms with Crippen molar-refractivity contribution in [2.45, 2.75) is 6.30 Å². The lowest BCUT2D eigenvalue weighted by Crippen LogP contribution is -2.40. The summed E-state index contributed by atoms with van der Waals surface area (Å²) >= 11 is 0. The average molecular weight is 147 g/mol. The fourth-order valence-corrected chi connectivity index (χ4v) is 0.654. The Morgan fingerprint density at radius 3 is 2.60 bits per heavy atom. The van der Waals surface area contributed by atoms with Gasteiger partial charge in [0.15, 0.2) is 0 Å². The van der Waals surface area contributed by atoms with Crippen LogP contribution in [-0.4, -0.2) is 17.7 Å². The van der Waals surface area contributed by atoms with Gasteiger partial charge >= 0.3 is 0 Å². The molecule has 4 heteroatoms. The number of hydrogen-bond donors (Lipinski definition) is 0. The van der Waals surface area contributed by atoms with Crippen molar-refractivity contribution in [3.63, 3.8) is 0 Å². The topological polar surface area (TPSA) is 3.24 Å². The van der Waals surface area contributed by atoms with Gasteiger partial charge < -0.3 is 0 Å². The van der Waals surface area contributed by atoms with E-state index in [0.717, 1.165) is 0 Å². The van der Waals surface area contributed by atoms with E-state index in [9.17, 15) is 13.2 Å². The molecule has 0 amide bonds. The van der Waals surface area contributed by atoms with Crippen LogP contribution in [0.1, 0.15) is 0 Å². The molecule has 54 valence electrons.